The van der Waals surface area contributed by atoms with Gasteiger partial charge in [-0.25, -0.2) is 0 Å². The Labute approximate surface area is 338 Å². The molecule has 0 saturated heterocycles. The summed E-state index contributed by atoms with van der Waals surface area (Å²) in [6.07, 6.45) is 0. The van der Waals surface area contributed by atoms with Gasteiger partial charge in [0.25, 0.3) is 0 Å². The summed E-state index contributed by atoms with van der Waals surface area (Å²) >= 11 is 0. The van der Waals surface area contributed by atoms with Crippen LogP contribution in [-0.4, -0.2) is 4.57 Å². The van der Waals surface area contributed by atoms with Gasteiger partial charge in [-0.3, -0.25) is 0 Å². The number of hydrogen-bond acceptors (Lipinski definition) is 1. The Morgan fingerprint density at radius 3 is 1.62 bits per heavy atom. The molecule has 0 bridgehead atoms. The molecule has 58 heavy (non-hydrogen) atoms. The van der Waals surface area contributed by atoms with E-state index < -0.39 is 0 Å². The Bertz CT molecular complexity index is 3220. The van der Waals surface area contributed by atoms with Crippen LogP contribution in [0.25, 0.3) is 82.4 Å². The lowest BCUT2D eigenvalue weighted by molar-refractivity contribution is 1.18. The second kappa shape index (κ2) is 14.1. The quantitative estimate of drug-likeness (QED) is 0.158. The van der Waals surface area contributed by atoms with Crippen LogP contribution in [0.15, 0.2) is 231 Å². The van der Waals surface area contributed by atoms with Crippen molar-refractivity contribution in [2.75, 3.05) is 4.90 Å². The first-order valence-corrected chi connectivity index (χ1v) is 19.9. The highest BCUT2D eigenvalue weighted by Gasteiger charge is 2.20. The van der Waals surface area contributed by atoms with E-state index in [9.17, 15) is 0 Å². The zero-order valence-corrected chi connectivity index (χ0v) is 31.8. The number of nitrogens with zero attached hydrogens (tertiary/aromatic N) is 2. The molecule has 0 saturated carbocycles. The average Bonchev–Trinajstić information content (AvgIpc) is 3.64. The molecule has 1 aromatic heterocycles. The Morgan fingerprint density at radius 1 is 0.293 bits per heavy atom. The Kier molecular flexibility index (Phi) is 8.19. The number of fused-ring (bicyclic) bond motifs is 5. The van der Waals surface area contributed by atoms with Gasteiger partial charge in [0.1, 0.15) is 0 Å². The van der Waals surface area contributed by atoms with Gasteiger partial charge in [-0.1, -0.05) is 182 Å². The van der Waals surface area contributed by atoms with Crippen molar-refractivity contribution in [3.8, 4) is 39.1 Å². The first kappa shape index (κ1) is 33.6. The normalized spacial score (nSPS) is 11.4. The average molecular weight is 739 g/mol. The van der Waals surface area contributed by atoms with Crippen LogP contribution in [-0.2, 0) is 0 Å². The van der Waals surface area contributed by atoms with E-state index in [0.717, 1.165) is 28.3 Å². The maximum atomic E-state index is 2.42. The molecule has 11 aromatic rings. The van der Waals surface area contributed by atoms with Crippen LogP contribution in [0.1, 0.15) is 0 Å². The van der Waals surface area contributed by atoms with Crippen molar-refractivity contribution in [2.24, 2.45) is 0 Å². The smallest absolute Gasteiger partial charge is 0.0541 e. The fraction of sp³-hybridized carbons (Fsp3) is 0. The van der Waals surface area contributed by atoms with Crippen LogP contribution < -0.4 is 4.90 Å². The van der Waals surface area contributed by atoms with E-state index in [-0.39, 0.29) is 0 Å². The van der Waals surface area contributed by atoms with E-state index in [1.54, 1.807) is 0 Å². The summed E-state index contributed by atoms with van der Waals surface area (Å²) < 4.78 is 2.42. The third kappa shape index (κ3) is 5.66. The highest BCUT2D eigenvalue weighted by atomic mass is 15.1. The van der Waals surface area contributed by atoms with E-state index in [1.807, 2.05) is 0 Å². The SMILES string of the molecule is c1ccc(-c2cccc(N(c3ccc(-c4ccccc4-n4c5ccccc5c5ccccc54)cc3)c3ccc(-c4cccc5ccccc45)c4ccccc34)c2)cc1. The largest absolute Gasteiger partial charge is 0.310 e. The Hall–Kier alpha value is -7.68. The maximum absolute atomic E-state index is 2.42. The van der Waals surface area contributed by atoms with Gasteiger partial charge in [0.2, 0.25) is 0 Å². The lowest BCUT2D eigenvalue weighted by Crippen LogP contribution is -2.11. The standard InChI is InChI=1S/C56H38N2/c1-2-16-39(17-3-1)42-20-14-21-44(38-42)57(56-37-36-49(48-24-6-7-25-50(48)56)47-28-15-19-40-18-4-5-22-45(40)47)43-34-32-41(33-35-43)46-23-8-11-29-53(46)58-54-30-12-9-26-51(54)52-27-10-13-31-55(52)58/h1-38H. The number of hydrogen-bond donors (Lipinski definition) is 0. The van der Waals surface area contributed by atoms with Crippen molar-refractivity contribution >= 4 is 60.4 Å². The monoisotopic (exact) mass is 738 g/mol. The van der Waals surface area contributed by atoms with Crippen molar-refractivity contribution in [2.45, 2.75) is 0 Å². The van der Waals surface area contributed by atoms with E-state index in [2.05, 4.69) is 240 Å². The number of anilines is 3. The fourth-order valence-corrected chi connectivity index (χ4v) is 8.94. The zero-order chi connectivity index (χ0) is 38.4. The summed E-state index contributed by atoms with van der Waals surface area (Å²) in [4.78, 5) is 2.42. The molecule has 0 amide bonds. The van der Waals surface area contributed by atoms with Gasteiger partial charge >= 0.3 is 0 Å². The van der Waals surface area contributed by atoms with Crippen molar-refractivity contribution in [3.63, 3.8) is 0 Å². The molecule has 0 aliphatic rings. The van der Waals surface area contributed by atoms with Crippen LogP contribution in [0.5, 0.6) is 0 Å². The molecule has 0 radical (unpaired) electrons. The van der Waals surface area contributed by atoms with E-state index in [4.69, 9.17) is 0 Å². The van der Waals surface area contributed by atoms with E-state index in [1.165, 1.54) is 71.2 Å². The predicted molar refractivity (Wildman–Crippen MR) is 247 cm³/mol. The molecular weight excluding hydrogens is 701 g/mol. The van der Waals surface area contributed by atoms with Gasteiger partial charge in [0, 0.05) is 33.1 Å². The molecule has 2 nitrogen and oxygen atoms in total. The van der Waals surface area contributed by atoms with Crippen molar-refractivity contribution in [1.29, 1.82) is 0 Å². The third-order valence-corrected chi connectivity index (χ3v) is 11.6. The summed E-state index contributed by atoms with van der Waals surface area (Å²) in [7, 11) is 0. The van der Waals surface area contributed by atoms with Crippen LogP contribution in [0, 0.1) is 0 Å². The first-order chi connectivity index (χ1) is 28.8. The number of rotatable bonds is 7. The lowest BCUT2D eigenvalue weighted by atomic mass is 9.93. The second-order valence-corrected chi connectivity index (χ2v) is 14.9. The Balaban J connectivity index is 1.08. The predicted octanol–water partition coefficient (Wildman–Crippen LogP) is 15.6. The van der Waals surface area contributed by atoms with Gasteiger partial charge in [0.15, 0.2) is 0 Å². The number of aromatic nitrogens is 1. The molecule has 0 aliphatic carbocycles. The molecule has 11 rings (SSSR count). The summed E-state index contributed by atoms with van der Waals surface area (Å²) in [5, 5.41) is 7.43. The van der Waals surface area contributed by atoms with Gasteiger partial charge in [-0.15, -0.1) is 0 Å². The van der Waals surface area contributed by atoms with Gasteiger partial charge in [-0.2, -0.15) is 0 Å². The highest BCUT2D eigenvalue weighted by molar-refractivity contribution is 6.11. The van der Waals surface area contributed by atoms with Crippen LogP contribution >= 0.6 is 0 Å². The molecule has 1 heterocycles. The summed E-state index contributed by atoms with van der Waals surface area (Å²) in [5.74, 6) is 0. The second-order valence-electron chi connectivity index (χ2n) is 14.9. The lowest BCUT2D eigenvalue weighted by Gasteiger charge is -2.28. The molecular formula is C56H38N2. The molecule has 2 heteroatoms. The molecule has 0 aliphatic heterocycles. The van der Waals surface area contributed by atoms with Crippen LogP contribution in [0.3, 0.4) is 0 Å². The van der Waals surface area contributed by atoms with E-state index >= 15 is 0 Å². The van der Waals surface area contributed by atoms with Crippen molar-refractivity contribution in [1.82, 2.24) is 4.57 Å². The minimum Gasteiger partial charge on any atom is -0.310 e. The maximum Gasteiger partial charge on any atom is 0.0541 e. The molecule has 0 N–H and O–H groups in total. The minimum atomic E-state index is 1.09. The number of para-hydroxylation sites is 3. The molecule has 0 fully saturated rings. The molecule has 0 atom stereocenters. The summed E-state index contributed by atoms with van der Waals surface area (Å²) in [6, 6.07) is 83.7. The molecule has 272 valence electrons. The topological polar surface area (TPSA) is 8.17 Å². The zero-order valence-electron chi connectivity index (χ0n) is 31.8. The van der Waals surface area contributed by atoms with Gasteiger partial charge in [-0.05, 0) is 92.5 Å². The van der Waals surface area contributed by atoms with E-state index in [0.29, 0.717) is 0 Å². The van der Waals surface area contributed by atoms with Crippen LogP contribution in [0.2, 0.25) is 0 Å². The number of benzene rings is 10. The van der Waals surface area contributed by atoms with Gasteiger partial charge in [0.05, 0.1) is 22.4 Å². The van der Waals surface area contributed by atoms with Crippen molar-refractivity contribution in [3.05, 3.63) is 231 Å². The minimum absolute atomic E-state index is 1.09. The molecule has 0 spiro atoms. The van der Waals surface area contributed by atoms with Crippen molar-refractivity contribution < 1.29 is 0 Å². The Morgan fingerprint density at radius 2 is 0.845 bits per heavy atom. The molecule has 10 aromatic carbocycles. The first-order valence-electron chi connectivity index (χ1n) is 19.9. The van der Waals surface area contributed by atoms with Crippen LogP contribution in [0.4, 0.5) is 17.1 Å². The third-order valence-electron chi connectivity index (χ3n) is 11.6. The van der Waals surface area contributed by atoms with Gasteiger partial charge < -0.3 is 9.47 Å². The molecule has 0 unspecified atom stereocenters. The fourth-order valence-electron chi connectivity index (χ4n) is 8.94. The highest BCUT2D eigenvalue weighted by Crippen LogP contribution is 2.45. The summed E-state index contributed by atoms with van der Waals surface area (Å²) in [6.45, 7) is 0. The summed E-state index contributed by atoms with van der Waals surface area (Å²) in [5.41, 5.74) is 14.1.